The molecule has 2 aromatic heterocycles. The van der Waals surface area contributed by atoms with Gasteiger partial charge in [0.05, 0.1) is 11.4 Å². The van der Waals surface area contributed by atoms with Gasteiger partial charge in [0.2, 0.25) is 0 Å². The van der Waals surface area contributed by atoms with Crippen molar-refractivity contribution in [1.29, 1.82) is 0 Å². The minimum atomic E-state index is -4.35. The molecule has 0 spiro atoms. The number of hydrogen-bond acceptors (Lipinski definition) is 4. The largest absolute Gasteiger partial charge is 0.406 e. The summed E-state index contributed by atoms with van der Waals surface area (Å²) in [4.78, 5) is 17.1. The highest BCUT2D eigenvalue weighted by atomic mass is 32.2. The van der Waals surface area contributed by atoms with Crippen LogP contribution in [-0.2, 0) is 6.54 Å². The summed E-state index contributed by atoms with van der Waals surface area (Å²) in [6.45, 7) is -1.12. The third-order valence-electron chi connectivity index (χ3n) is 4.49. The summed E-state index contributed by atoms with van der Waals surface area (Å²) >= 11 is 1.59. The summed E-state index contributed by atoms with van der Waals surface area (Å²) in [7, 11) is 0. The van der Waals surface area contributed by atoms with Crippen molar-refractivity contribution in [1.82, 2.24) is 14.9 Å². The zero-order valence-corrected chi connectivity index (χ0v) is 14.9. The van der Waals surface area contributed by atoms with Crippen LogP contribution in [0.25, 0.3) is 10.9 Å². The van der Waals surface area contributed by atoms with Gasteiger partial charge in [0.25, 0.3) is 0 Å². The SMILES string of the molecule is O=C(c1cn(CC(F)(F)F)c2ccccc12)[C@@H]1CSC(c2cccnc2)N1. The number of pyridine rings is 1. The van der Waals surface area contributed by atoms with E-state index in [2.05, 4.69) is 10.3 Å². The minimum Gasteiger partial charge on any atom is -0.338 e. The summed E-state index contributed by atoms with van der Waals surface area (Å²) in [5.41, 5.74) is 1.70. The predicted molar refractivity (Wildman–Crippen MR) is 98.7 cm³/mol. The fourth-order valence-electron chi connectivity index (χ4n) is 3.30. The molecule has 0 saturated carbocycles. The number of nitrogens with zero attached hydrogens (tertiary/aromatic N) is 2. The van der Waals surface area contributed by atoms with Crippen molar-refractivity contribution in [2.24, 2.45) is 0 Å². The van der Waals surface area contributed by atoms with Crippen LogP contribution in [0.1, 0.15) is 21.3 Å². The molecule has 1 aliphatic rings. The van der Waals surface area contributed by atoms with Gasteiger partial charge < -0.3 is 4.57 Å². The van der Waals surface area contributed by atoms with Crippen LogP contribution in [0.2, 0.25) is 0 Å². The van der Waals surface area contributed by atoms with Crippen molar-refractivity contribution >= 4 is 28.4 Å². The number of carbonyl (C=O) groups is 1. The molecule has 0 bridgehead atoms. The molecular weight excluding hydrogens is 375 g/mol. The number of nitrogens with one attached hydrogen (secondary N) is 1. The van der Waals surface area contributed by atoms with Gasteiger partial charge in [-0.25, -0.2) is 0 Å². The lowest BCUT2D eigenvalue weighted by atomic mass is 10.0. The molecule has 0 aliphatic carbocycles. The number of benzene rings is 1. The standard InChI is InChI=1S/C19H16F3N3OS/c20-19(21,22)11-25-9-14(13-5-1-2-6-16(13)25)17(26)15-10-27-18(24-15)12-4-3-7-23-8-12/h1-9,15,18,24H,10-11H2/t15-,18?/m0/s1. The fourth-order valence-corrected chi connectivity index (χ4v) is 4.53. The van der Waals surface area contributed by atoms with E-state index in [9.17, 15) is 18.0 Å². The molecule has 1 aliphatic heterocycles. The number of aromatic nitrogens is 2. The van der Waals surface area contributed by atoms with Gasteiger partial charge in [-0.3, -0.25) is 15.1 Å². The van der Waals surface area contributed by atoms with E-state index >= 15 is 0 Å². The van der Waals surface area contributed by atoms with E-state index in [1.165, 1.54) is 6.20 Å². The van der Waals surface area contributed by atoms with Crippen LogP contribution in [0.4, 0.5) is 13.2 Å². The van der Waals surface area contributed by atoms with E-state index in [1.807, 2.05) is 12.1 Å². The number of Topliss-reactive ketones (excluding diaryl/α,β-unsaturated/α-hetero) is 1. The van der Waals surface area contributed by atoms with Crippen molar-refractivity contribution in [3.8, 4) is 0 Å². The van der Waals surface area contributed by atoms with E-state index in [0.29, 0.717) is 22.2 Å². The quantitative estimate of drug-likeness (QED) is 0.678. The maximum absolute atomic E-state index is 13.0. The molecule has 4 nitrogen and oxygen atoms in total. The smallest absolute Gasteiger partial charge is 0.338 e. The van der Waals surface area contributed by atoms with Gasteiger partial charge in [-0.05, 0) is 17.7 Å². The molecule has 27 heavy (non-hydrogen) atoms. The highest BCUT2D eigenvalue weighted by Crippen LogP contribution is 2.34. The number of rotatable bonds is 4. The van der Waals surface area contributed by atoms with E-state index in [0.717, 1.165) is 10.1 Å². The Morgan fingerprint density at radius 1 is 1.26 bits per heavy atom. The van der Waals surface area contributed by atoms with Crippen LogP contribution in [0.5, 0.6) is 0 Å². The van der Waals surface area contributed by atoms with Gasteiger partial charge >= 0.3 is 6.18 Å². The van der Waals surface area contributed by atoms with Crippen LogP contribution in [-0.4, -0.2) is 33.3 Å². The Labute approximate surface area is 157 Å². The number of halogens is 3. The average molecular weight is 391 g/mol. The van der Waals surface area contributed by atoms with E-state index in [-0.39, 0.29) is 11.2 Å². The fraction of sp³-hybridized carbons (Fsp3) is 0.263. The summed E-state index contributed by atoms with van der Waals surface area (Å²) in [5.74, 6) is 0.364. The molecule has 8 heteroatoms. The first-order valence-electron chi connectivity index (χ1n) is 8.39. The van der Waals surface area contributed by atoms with Crippen LogP contribution >= 0.6 is 11.8 Å². The minimum absolute atomic E-state index is 0.0591. The Hall–Kier alpha value is -2.32. The van der Waals surface area contributed by atoms with E-state index in [1.54, 1.807) is 48.4 Å². The number of fused-ring (bicyclic) bond motifs is 1. The molecule has 140 valence electrons. The Bertz CT molecular complexity index is 971. The molecule has 0 amide bonds. The third-order valence-corrected chi connectivity index (χ3v) is 5.76. The van der Waals surface area contributed by atoms with Crippen molar-refractivity contribution in [2.45, 2.75) is 24.1 Å². The lowest BCUT2D eigenvalue weighted by Gasteiger charge is -2.12. The van der Waals surface area contributed by atoms with E-state index in [4.69, 9.17) is 0 Å². The molecule has 1 N–H and O–H groups in total. The molecule has 3 aromatic rings. The molecule has 1 unspecified atom stereocenters. The summed E-state index contributed by atoms with van der Waals surface area (Å²) in [6.07, 6.45) is 0.396. The molecule has 4 rings (SSSR count). The molecule has 1 saturated heterocycles. The zero-order chi connectivity index (χ0) is 19.0. The van der Waals surface area contributed by atoms with Gasteiger partial charge in [0.1, 0.15) is 6.54 Å². The molecule has 1 fully saturated rings. The number of para-hydroxylation sites is 1. The average Bonchev–Trinajstić information content (AvgIpc) is 3.27. The van der Waals surface area contributed by atoms with Gasteiger partial charge in [-0.1, -0.05) is 24.3 Å². The topological polar surface area (TPSA) is 46.9 Å². The molecule has 1 aromatic carbocycles. The first-order chi connectivity index (χ1) is 12.9. The second-order valence-electron chi connectivity index (χ2n) is 6.39. The highest BCUT2D eigenvalue weighted by molar-refractivity contribution is 7.99. The first-order valence-corrected chi connectivity index (χ1v) is 9.44. The molecule has 2 atom stereocenters. The number of ketones is 1. The molecule has 3 heterocycles. The lowest BCUT2D eigenvalue weighted by Crippen LogP contribution is -2.34. The number of carbonyl (C=O) groups excluding carboxylic acids is 1. The zero-order valence-electron chi connectivity index (χ0n) is 14.1. The van der Waals surface area contributed by atoms with Crippen LogP contribution < -0.4 is 5.32 Å². The van der Waals surface area contributed by atoms with Crippen LogP contribution in [0.15, 0.2) is 55.0 Å². The maximum Gasteiger partial charge on any atom is 0.406 e. The first kappa shape index (κ1) is 18.1. The normalized spacial score (nSPS) is 20.3. The number of thioether (sulfide) groups is 1. The van der Waals surface area contributed by atoms with Crippen LogP contribution in [0, 0.1) is 0 Å². The summed E-state index contributed by atoms with van der Waals surface area (Å²) in [6, 6.07) is 10.0. The summed E-state index contributed by atoms with van der Waals surface area (Å²) in [5, 5.41) is 3.76. The Kier molecular flexibility index (Phi) is 4.69. The number of alkyl halides is 3. The number of hydrogen-bond donors (Lipinski definition) is 1. The van der Waals surface area contributed by atoms with Gasteiger partial charge in [0.15, 0.2) is 5.78 Å². The van der Waals surface area contributed by atoms with Gasteiger partial charge in [0, 0.05) is 40.8 Å². The molecule has 0 radical (unpaired) electrons. The van der Waals surface area contributed by atoms with Crippen molar-refractivity contribution < 1.29 is 18.0 Å². The third kappa shape index (κ3) is 3.72. The summed E-state index contributed by atoms with van der Waals surface area (Å²) < 4.78 is 39.8. The van der Waals surface area contributed by atoms with Crippen molar-refractivity contribution in [2.75, 3.05) is 5.75 Å². The molecular formula is C19H16F3N3OS. The maximum atomic E-state index is 13.0. The second kappa shape index (κ2) is 7.01. The van der Waals surface area contributed by atoms with Gasteiger partial charge in [-0.2, -0.15) is 13.2 Å². The van der Waals surface area contributed by atoms with E-state index < -0.39 is 18.8 Å². The Morgan fingerprint density at radius 2 is 2.07 bits per heavy atom. The monoisotopic (exact) mass is 391 g/mol. The Balaban J connectivity index is 1.62. The highest BCUT2D eigenvalue weighted by Gasteiger charge is 2.34. The lowest BCUT2D eigenvalue weighted by molar-refractivity contribution is -0.139. The van der Waals surface area contributed by atoms with Crippen molar-refractivity contribution in [3.05, 3.63) is 66.1 Å². The van der Waals surface area contributed by atoms with Crippen LogP contribution in [0.3, 0.4) is 0 Å². The second-order valence-corrected chi connectivity index (χ2v) is 7.52. The predicted octanol–water partition coefficient (Wildman–Crippen LogP) is 4.19. The van der Waals surface area contributed by atoms with Crippen molar-refractivity contribution in [3.63, 3.8) is 0 Å². The Morgan fingerprint density at radius 3 is 2.81 bits per heavy atom. The van der Waals surface area contributed by atoms with Gasteiger partial charge in [-0.15, -0.1) is 11.8 Å².